The van der Waals surface area contributed by atoms with E-state index in [1.807, 2.05) is 22.6 Å². The van der Waals surface area contributed by atoms with E-state index in [9.17, 15) is 4.39 Å². The predicted molar refractivity (Wildman–Crippen MR) is 70.6 cm³/mol. The summed E-state index contributed by atoms with van der Waals surface area (Å²) in [5.74, 6) is -0.482. The standard InChI is InChI=1S/C10H6ClFIN3O/c11-5-1-6(12)9(8(14)2-5)17-10-7(13)3-15-4-16-10/h1-4H,14H2. The summed E-state index contributed by atoms with van der Waals surface area (Å²) in [6.07, 6.45) is 2.86. The van der Waals surface area contributed by atoms with Gasteiger partial charge in [0.2, 0.25) is 5.88 Å². The number of ether oxygens (including phenoxy) is 1. The zero-order valence-corrected chi connectivity index (χ0v) is 11.2. The minimum absolute atomic E-state index is 0.0917. The van der Waals surface area contributed by atoms with Gasteiger partial charge in [0.05, 0.1) is 9.26 Å². The summed E-state index contributed by atoms with van der Waals surface area (Å²) in [7, 11) is 0. The summed E-state index contributed by atoms with van der Waals surface area (Å²) in [5.41, 5.74) is 5.74. The van der Waals surface area contributed by atoms with Crippen molar-refractivity contribution in [3.05, 3.63) is 39.1 Å². The highest BCUT2D eigenvalue weighted by molar-refractivity contribution is 14.1. The maximum atomic E-state index is 13.6. The quantitative estimate of drug-likeness (QED) is 0.655. The molecular formula is C10H6ClFIN3O. The number of nitrogens with zero attached hydrogens (tertiary/aromatic N) is 2. The van der Waals surface area contributed by atoms with Gasteiger partial charge in [-0.2, -0.15) is 0 Å². The highest BCUT2D eigenvalue weighted by Crippen LogP contribution is 2.33. The molecule has 0 aliphatic rings. The fourth-order valence-electron chi connectivity index (χ4n) is 1.16. The van der Waals surface area contributed by atoms with Gasteiger partial charge in [0, 0.05) is 11.2 Å². The number of anilines is 1. The van der Waals surface area contributed by atoms with E-state index in [2.05, 4.69) is 9.97 Å². The van der Waals surface area contributed by atoms with Crippen LogP contribution in [0.5, 0.6) is 11.6 Å². The molecule has 17 heavy (non-hydrogen) atoms. The number of nitrogens with two attached hydrogens (primary N) is 1. The molecule has 0 spiro atoms. The van der Waals surface area contributed by atoms with Gasteiger partial charge >= 0.3 is 0 Å². The smallest absolute Gasteiger partial charge is 0.236 e. The lowest BCUT2D eigenvalue weighted by atomic mass is 10.3. The number of hydrogen-bond acceptors (Lipinski definition) is 4. The Hall–Kier alpha value is -1.15. The molecule has 0 aliphatic carbocycles. The third kappa shape index (κ3) is 2.75. The van der Waals surface area contributed by atoms with Crippen LogP contribution in [-0.2, 0) is 0 Å². The fourth-order valence-corrected chi connectivity index (χ4v) is 1.78. The molecule has 0 saturated heterocycles. The molecule has 0 radical (unpaired) electrons. The summed E-state index contributed by atoms with van der Waals surface area (Å²) in [5, 5.41) is 0.213. The summed E-state index contributed by atoms with van der Waals surface area (Å²) in [4.78, 5) is 7.68. The van der Waals surface area contributed by atoms with Gasteiger partial charge in [0.15, 0.2) is 11.6 Å². The first kappa shape index (κ1) is 12.3. The highest BCUT2D eigenvalue weighted by atomic mass is 127. The second-order valence-electron chi connectivity index (χ2n) is 3.08. The lowest BCUT2D eigenvalue weighted by molar-refractivity contribution is 0.426. The molecule has 0 bridgehead atoms. The Balaban J connectivity index is 2.40. The molecule has 0 saturated carbocycles. The minimum atomic E-state index is -0.635. The molecule has 0 aliphatic heterocycles. The first-order chi connectivity index (χ1) is 8.08. The average Bonchev–Trinajstić information content (AvgIpc) is 2.25. The molecule has 2 rings (SSSR count). The monoisotopic (exact) mass is 365 g/mol. The topological polar surface area (TPSA) is 61.0 Å². The minimum Gasteiger partial charge on any atom is -0.433 e. The van der Waals surface area contributed by atoms with E-state index in [0.717, 1.165) is 6.07 Å². The van der Waals surface area contributed by atoms with Gasteiger partial charge in [-0.05, 0) is 34.7 Å². The molecule has 0 unspecified atom stereocenters. The van der Waals surface area contributed by atoms with E-state index >= 15 is 0 Å². The zero-order valence-electron chi connectivity index (χ0n) is 8.32. The Kier molecular flexibility index (Phi) is 3.63. The lowest BCUT2D eigenvalue weighted by Crippen LogP contribution is -1.98. The van der Waals surface area contributed by atoms with Crippen molar-refractivity contribution >= 4 is 39.9 Å². The van der Waals surface area contributed by atoms with Gasteiger partial charge < -0.3 is 10.5 Å². The van der Waals surface area contributed by atoms with Crippen LogP contribution in [0.4, 0.5) is 10.1 Å². The molecule has 88 valence electrons. The Morgan fingerprint density at radius 2 is 2.18 bits per heavy atom. The Labute approximate surface area is 115 Å². The zero-order chi connectivity index (χ0) is 12.4. The van der Waals surface area contributed by atoms with Crippen molar-refractivity contribution in [2.24, 2.45) is 0 Å². The Morgan fingerprint density at radius 1 is 1.41 bits per heavy atom. The fraction of sp³-hybridized carbons (Fsp3) is 0. The second kappa shape index (κ2) is 5.01. The number of halogens is 3. The van der Waals surface area contributed by atoms with Gasteiger partial charge in [-0.1, -0.05) is 11.6 Å². The molecule has 1 aromatic heterocycles. The van der Waals surface area contributed by atoms with Crippen LogP contribution in [0.1, 0.15) is 0 Å². The molecule has 0 atom stereocenters. The van der Waals surface area contributed by atoms with Crippen LogP contribution >= 0.6 is 34.2 Å². The molecule has 1 heterocycles. The summed E-state index contributed by atoms with van der Waals surface area (Å²) in [6, 6.07) is 2.54. The van der Waals surface area contributed by atoms with Crippen molar-refractivity contribution in [3.63, 3.8) is 0 Å². The lowest BCUT2D eigenvalue weighted by Gasteiger charge is -2.09. The van der Waals surface area contributed by atoms with Crippen molar-refractivity contribution in [1.29, 1.82) is 0 Å². The first-order valence-electron chi connectivity index (χ1n) is 4.46. The maximum Gasteiger partial charge on any atom is 0.236 e. The average molecular weight is 366 g/mol. The molecular weight excluding hydrogens is 359 g/mol. The Morgan fingerprint density at radius 3 is 2.82 bits per heavy atom. The first-order valence-corrected chi connectivity index (χ1v) is 5.91. The molecule has 0 amide bonds. The molecule has 4 nitrogen and oxygen atoms in total. The third-order valence-electron chi connectivity index (χ3n) is 1.87. The predicted octanol–water partition coefficient (Wildman–Crippen LogP) is 3.25. The van der Waals surface area contributed by atoms with Crippen LogP contribution in [0.2, 0.25) is 5.02 Å². The molecule has 7 heteroatoms. The van der Waals surface area contributed by atoms with Gasteiger partial charge in [0.1, 0.15) is 6.33 Å². The number of benzene rings is 1. The number of rotatable bonds is 2. The van der Waals surface area contributed by atoms with Crippen LogP contribution < -0.4 is 10.5 Å². The van der Waals surface area contributed by atoms with E-state index < -0.39 is 5.82 Å². The normalized spacial score (nSPS) is 10.3. The highest BCUT2D eigenvalue weighted by Gasteiger charge is 2.13. The largest absolute Gasteiger partial charge is 0.433 e. The van der Waals surface area contributed by atoms with Crippen molar-refractivity contribution in [2.75, 3.05) is 5.73 Å². The molecule has 0 fully saturated rings. The van der Waals surface area contributed by atoms with Crippen LogP contribution in [0, 0.1) is 9.39 Å². The SMILES string of the molecule is Nc1cc(Cl)cc(F)c1Oc1ncncc1I. The second-order valence-corrected chi connectivity index (χ2v) is 4.68. The van der Waals surface area contributed by atoms with E-state index in [0.29, 0.717) is 3.57 Å². The number of hydrogen-bond donors (Lipinski definition) is 1. The summed E-state index contributed by atoms with van der Waals surface area (Å²) < 4.78 is 19.6. The Bertz CT molecular complexity index is 544. The molecule has 2 N–H and O–H groups in total. The van der Waals surface area contributed by atoms with E-state index in [1.54, 1.807) is 6.20 Å². The number of nitrogen functional groups attached to an aromatic ring is 1. The van der Waals surface area contributed by atoms with Crippen LogP contribution in [0.25, 0.3) is 0 Å². The van der Waals surface area contributed by atoms with Crippen molar-refractivity contribution in [1.82, 2.24) is 9.97 Å². The van der Waals surface area contributed by atoms with Crippen molar-refractivity contribution in [2.45, 2.75) is 0 Å². The summed E-state index contributed by atoms with van der Waals surface area (Å²) in [6.45, 7) is 0. The van der Waals surface area contributed by atoms with Crippen molar-refractivity contribution in [3.8, 4) is 11.6 Å². The van der Waals surface area contributed by atoms with Gasteiger partial charge in [0.25, 0.3) is 0 Å². The van der Waals surface area contributed by atoms with Gasteiger partial charge in [-0.25, -0.2) is 14.4 Å². The summed E-state index contributed by atoms with van der Waals surface area (Å²) >= 11 is 7.63. The van der Waals surface area contributed by atoms with Crippen LogP contribution in [0.3, 0.4) is 0 Å². The van der Waals surface area contributed by atoms with Gasteiger partial charge in [-0.3, -0.25) is 0 Å². The molecule has 1 aromatic carbocycles. The van der Waals surface area contributed by atoms with E-state index in [4.69, 9.17) is 22.1 Å². The van der Waals surface area contributed by atoms with Crippen molar-refractivity contribution < 1.29 is 9.13 Å². The maximum absolute atomic E-state index is 13.6. The number of aromatic nitrogens is 2. The van der Waals surface area contributed by atoms with E-state index in [-0.39, 0.29) is 22.3 Å². The van der Waals surface area contributed by atoms with Gasteiger partial charge in [-0.15, -0.1) is 0 Å². The van der Waals surface area contributed by atoms with Crippen LogP contribution in [-0.4, -0.2) is 9.97 Å². The van der Waals surface area contributed by atoms with E-state index in [1.165, 1.54) is 12.4 Å². The van der Waals surface area contributed by atoms with Crippen LogP contribution in [0.15, 0.2) is 24.7 Å². The molecule has 2 aromatic rings. The third-order valence-corrected chi connectivity index (χ3v) is 2.83.